The number of rotatable bonds is 14. The van der Waals surface area contributed by atoms with Gasteiger partial charge in [0.25, 0.3) is 0 Å². The fourth-order valence-electron chi connectivity index (χ4n) is 6.93. The fraction of sp³-hybridized carbons (Fsp3) is 0.350. The smallest absolute Gasteiger partial charge is 0.315 e. The van der Waals surface area contributed by atoms with Crippen LogP contribution < -0.4 is 4.74 Å². The van der Waals surface area contributed by atoms with Crippen LogP contribution in [0.2, 0.25) is 0 Å². The summed E-state index contributed by atoms with van der Waals surface area (Å²) in [5, 5.41) is 0. The Balaban J connectivity index is 1.13. The van der Waals surface area contributed by atoms with E-state index in [0.717, 1.165) is 62.3 Å². The molecular weight excluding hydrogens is 703 g/mol. The van der Waals surface area contributed by atoms with Gasteiger partial charge in [0.15, 0.2) is 6.23 Å². The van der Waals surface area contributed by atoms with E-state index in [4.69, 9.17) is 9.72 Å². The second-order valence-electron chi connectivity index (χ2n) is 13.3. The number of hydrogen-bond donors (Lipinski definition) is 0. The van der Waals surface area contributed by atoms with Crippen LogP contribution in [0.25, 0.3) is 11.0 Å². The van der Waals surface area contributed by atoms with E-state index in [2.05, 4.69) is 16.7 Å². The van der Waals surface area contributed by atoms with Gasteiger partial charge in [-0.25, -0.2) is 26.9 Å². The van der Waals surface area contributed by atoms with E-state index in [9.17, 15) is 31.1 Å². The molecular formula is C40H38F7N3O3. The van der Waals surface area contributed by atoms with Crippen LogP contribution in [0.15, 0.2) is 60.7 Å². The summed E-state index contributed by atoms with van der Waals surface area (Å²) in [5.41, 5.74) is 3.91. The molecule has 0 N–H and O–H groups in total. The molecule has 0 radical (unpaired) electrons. The molecule has 5 aromatic rings. The highest BCUT2D eigenvalue weighted by atomic mass is 19.2. The molecule has 0 saturated carbocycles. The summed E-state index contributed by atoms with van der Waals surface area (Å²) < 4.78 is 111. The van der Waals surface area contributed by atoms with Crippen LogP contribution in [0, 0.1) is 46.6 Å². The summed E-state index contributed by atoms with van der Waals surface area (Å²) in [4.78, 5) is 19.6. The van der Waals surface area contributed by atoms with Gasteiger partial charge in [0.05, 0.1) is 17.5 Å². The second-order valence-corrected chi connectivity index (χ2v) is 13.3. The van der Waals surface area contributed by atoms with E-state index in [0.29, 0.717) is 23.7 Å². The number of nitrogens with zero attached hydrogens (tertiary/aromatic N) is 3. The zero-order valence-electron chi connectivity index (χ0n) is 29.2. The van der Waals surface area contributed by atoms with E-state index in [1.807, 2.05) is 34.9 Å². The van der Waals surface area contributed by atoms with Crippen molar-refractivity contribution in [3.05, 3.63) is 129 Å². The highest BCUT2D eigenvalue weighted by Gasteiger charge is 2.29. The van der Waals surface area contributed by atoms with Crippen molar-refractivity contribution in [2.75, 3.05) is 26.7 Å². The maximum atomic E-state index is 15.8. The van der Waals surface area contributed by atoms with Gasteiger partial charge in [0.1, 0.15) is 17.5 Å². The number of para-hydroxylation sites is 2. The normalized spacial score (nSPS) is 14.9. The van der Waals surface area contributed by atoms with Crippen molar-refractivity contribution in [3.8, 4) is 5.75 Å². The predicted octanol–water partition coefficient (Wildman–Crippen LogP) is 8.80. The van der Waals surface area contributed by atoms with Crippen molar-refractivity contribution in [2.24, 2.45) is 5.92 Å². The lowest BCUT2D eigenvalue weighted by atomic mass is 9.82. The molecule has 6 nitrogen and oxygen atoms in total. The molecule has 1 aliphatic rings. The van der Waals surface area contributed by atoms with Crippen molar-refractivity contribution in [1.29, 1.82) is 0 Å². The van der Waals surface area contributed by atoms with E-state index >= 15 is 4.39 Å². The Labute approximate surface area is 302 Å². The lowest BCUT2D eigenvalue weighted by Crippen LogP contribution is -2.26. The van der Waals surface area contributed by atoms with Gasteiger partial charge in [0, 0.05) is 18.6 Å². The monoisotopic (exact) mass is 741 g/mol. The number of halogens is 7. The number of fused-ring (bicyclic) bond motifs is 2. The van der Waals surface area contributed by atoms with Crippen molar-refractivity contribution >= 4 is 17.0 Å². The standard InChI is InChI=1S/C40H38F7N3O3/c1-3-52-40(28-15-11-24(20-29(28)42)21-33(51)53-39-37(46)35(44)34(43)36(45)38(39)47)50-31-8-5-4-7-30(31)48-32(50)9-6-17-49(2)18-16-23-10-12-26-22-27(41)14-13-25(26)19-23/h4-5,7-8,11,13-15,20,22-23,40H,3,6,9-10,12,16-19,21H2,1-2H3. The summed E-state index contributed by atoms with van der Waals surface area (Å²) in [6.45, 7) is 3.69. The molecule has 0 bridgehead atoms. The van der Waals surface area contributed by atoms with Crippen LogP contribution in [0.3, 0.4) is 0 Å². The summed E-state index contributed by atoms with van der Waals surface area (Å²) in [7, 11) is 2.08. The summed E-state index contributed by atoms with van der Waals surface area (Å²) in [6, 6.07) is 16.3. The summed E-state index contributed by atoms with van der Waals surface area (Å²) in [5.74, 6) is -14.3. The van der Waals surface area contributed by atoms with Gasteiger partial charge in [-0.2, -0.15) is 8.78 Å². The molecule has 2 unspecified atom stereocenters. The molecule has 0 amide bonds. The number of aryl methyl sites for hydroxylation is 2. The molecule has 1 heterocycles. The first kappa shape index (κ1) is 38.0. The van der Waals surface area contributed by atoms with Gasteiger partial charge in [-0.3, -0.25) is 9.36 Å². The van der Waals surface area contributed by atoms with E-state index < -0.39 is 59.3 Å². The van der Waals surface area contributed by atoms with Gasteiger partial charge in [-0.1, -0.05) is 30.3 Å². The number of imidazole rings is 1. The Morgan fingerprint density at radius 2 is 1.64 bits per heavy atom. The SMILES string of the molecule is CCOC(c1ccc(CC(=O)Oc2c(F)c(F)c(F)c(F)c2F)cc1F)n1c(CCCN(C)CCC2CCc3cc(F)ccc3C2)nc2ccccc21. The first-order chi connectivity index (χ1) is 25.4. The third-order valence-corrected chi connectivity index (χ3v) is 9.65. The van der Waals surface area contributed by atoms with Gasteiger partial charge >= 0.3 is 5.97 Å². The number of hydrogen-bond acceptors (Lipinski definition) is 5. The number of ether oxygens (including phenoxy) is 2. The van der Waals surface area contributed by atoms with E-state index in [-0.39, 0.29) is 23.6 Å². The molecule has 0 spiro atoms. The Morgan fingerprint density at radius 1 is 0.906 bits per heavy atom. The maximum absolute atomic E-state index is 15.8. The molecule has 13 heteroatoms. The van der Waals surface area contributed by atoms with Gasteiger partial charge < -0.3 is 14.4 Å². The Kier molecular flexibility index (Phi) is 11.8. The number of benzene rings is 4. The van der Waals surface area contributed by atoms with Crippen LogP contribution in [0.5, 0.6) is 5.75 Å². The van der Waals surface area contributed by atoms with Gasteiger partial charge in [-0.15, -0.1) is 0 Å². The van der Waals surface area contributed by atoms with Crippen LogP contribution >= 0.6 is 0 Å². The molecule has 4 aromatic carbocycles. The zero-order valence-corrected chi connectivity index (χ0v) is 29.2. The number of esters is 1. The average Bonchev–Trinajstić information content (AvgIpc) is 3.51. The third-order valence-electron chi connectivity index (χ3n) is 9.65. The molecule has 1 aliphatic carbocycles. The quantitative estimate of drug-likeness (QED) is 0.0375. The summed E-state index contributed by atoms with van der Waals surface area (Å²) in [6.07, 6.45) is 3.56. The molecule has 6 rings (SSSR count). The first-order valence-electron chi connectivity index (χ1n) is 17.5. The molecule has 0 fully saturated rings. The van der Waals surface area contributed by atoms with E-state index in [1.165, 1.54) is 23.8 Å². The molecule has 0 saturated heterocycles. The van der Waals surface area contributed by atoms with E-state index in [1.54, 1.807) is 13.0 Å². The molecule has 2 atom stereocenters. The second kappa shape index (κ2) is 16.5. The minimum Gasteiger partial charge on any atom is -0.420 e. The lowest BCUT2D eigenvalue weighted by Gasteiger charge is -2.27. The van der Waals surface area contributed by atoms with Crippen molar-refractivity contribution in [1.82, 2.24) is 14.5 Å². The van der Waals surface area contributed by atoms with Crippen molar-refractivity contribution < 1.29 is 45.0 Å². The van der Waals surface area contributed by atoms with Crippen molar-refractivity contribution in [3.63, 3.8) is 0 Å². The first-order valence-corrected chi connectivity index (χ1v) is 17.5. The predicted molar refractivity (Wildman–Crippen MR) is 184 cm³/mol. The molecule has 0 aliphatic heterocycles. The highest BCUT2D eigenvalue weighted by molar-refractivity contribution is 5.77. The fourth-order valence-corrected chi connectivity index (χ4v) is 6.93. The van der Waals surface area contributed by atoms with Crippen LogP contribution in [0.1, 0.15) is 60.5 Å². The minimum absolute atomic E-state index is 0.0282. The Hall–Kier alpha value is -4.75. The molecule has 280 valence electrons. The van der Waals surface area contributed by atoms with Crippen LogP contribution in [-0.4, -0.2) is 47.2 Å². The zero-order chi connectivity index (χ0) is 37.8. The van der Waals surface area contributed by atoms with Gasteiger partial charge in [0.2, 0.25) is 34.8 Å². The Morgan fingerprint density at radius 3 is 2.38 bits per heavy atom. The maximum Gasteiger partial charge on any atom is 0.315 e. The average molecular weight is 742 g/mol. The molecule has 1 aromatic heterocycles. The topological polar surface area (TPSA) is 56.6 Å². The van der Waals surface area contributed by atoms with Crippen LogP contribution in [-0.2, 0) is 35.2 Å². The third kappa shape index (κ3) is 8.41. The molecule has 53 heavy (non-hydrogen) atoms. The largest absolute Gasteiger partial charge is 0.420 e. The summed E-state index contributed by atoms with van der Waals surface area (Å²) >= 11 is 0. The number of carbonyl (C=O) groups is 1. The Bertz CT molecular complexity index is 2090. The van der Waals surface area contributed by atoms with Crippen molar-refractivity contribution in [2.45, 2.75) is 58.1 Å². The lowest BCUT2D eigenvalue weighted by molar-refractivity contribution is -0.134. The highest BCUT2D eigenvalue weighted by Crippen LogP contribution is 2.32. The number of aromatic nitrogens is 2. The minimum atomic E-state index is -2.39. The van der Waals surface area contributed by atoms with Crippen LogP contribution in [0.4, 0.5) is 30.7 Å². The van der Waals surface area contributed by atoms with Gasteiger partial charge in [-0.05, 0) is 112 Å². The number of carbonyl (C=O) groups excluding carboxylic acids is 1.